The average Bonchev–Trinajstić information content (AvgIpc) is 3.43. The number of alkyl halides is 3. The number of carbonyl (C=O) groups is 2. The lowest BCUT2D eigenvalue weighted by atomic mass is 10.0. The van der Waals surface area contributed by atoms with Gasteiger partial charge in [-0.2, -0.15) is 13.2 Å². The van der Waals surface area contributed by atoms with Gasteiger partial charge in [-0.1, -0.05) is 11.6 Å². The molecule has 0 saturated carbocycles. The Kier molecular flexibility index (Phi) is 7.88. The summed E-state index contributed by atoms with van der Waals surface area (Å²) in [6.07, 6.45) is 0.978. The Morgan fingerprint density at radius 1 is 1.15 bits per heavy atom. The van der Waals surface area contributed by atoms with Crippen molar-refractivity contribution in [3.8, 4) is 16.9 Å². The largest absolute Gasteiger partial charge is 0.504 e. The highest BCUT2D eigenvalue weighted by Gasteiger charge is 2.45. The van der Waals surface area contributed by atoms with Crippen LogP contribution < -0.4 is 21.5 Å². The molecule has 2 atom stereocenters. The molecule has 46 heavy (non-hydrogen) atoms. The molecule has 6 rings (SSSR count). The number of piperazine rings is 1. The van der Waals surface area contributed by atoms with Crippen LogP contribution in [0.3, 0.4) is 0 Å². The molecular formula is C29H27ClF4N8O4. The number of amides is 2. The van der Waals surface area contributed by atoms with Gasteiger partial charge in [0.25, 0.3) is 11.5 Å². The average molecular weight is 663 g/mol. The van der Waals surface area contributed by atoms with Gasteiger partial charge in [-0.25, -0.2) is 14.4 Å². The number of primary amides is 1. The molecule has 12 nitrogen and oxygen atoms in total. The van der Waals surface area contributed by atoms with Crippen molar-refractivity contribution in [2.24, 2.45) is 12.8 Å². The molecule has 4 aromatic rings. The maximum atomic E-state index is 14.6. The van der Waals surface area contributed by atoms with Crippen LogP contribution in [0.1, 0.15) is 23.2 Å². The van der Waals surface area contributed by atoms with Crippen LogP contribution in [0.2, 0.25) is 5.02 Å². The number of halogens is 5. The van der Waals surface area contributed by atoms with Crippen molar-refractivity contribution in [3.05, 3.63) is 63.7 Å². The first-order valence-corrected chi connectivity index (χ1v) is 14.5. The predicted molar refractivity (Wildman–Crippen MR) is 160 cm³/mol. The number of nitrogens with two attached hydrogens (primary N) is 1. The zero-order valence-corrected chi connectivity index (χ0v) is 24.9. The molecular weight excluding hydrogens is 636 g/mol. The lowest BCUT2D eigenvalue weighted by Crippen LogP contribution is -2.56. The number of nitrogens with one attached hydrogen (secondary N) is 1. The van der Waals surface area contributed by atoms with Crippen molar-refractivity contribution in [1.29, 1.82) is 0 Å². The predicted octanol–water partition coefficient (Wildman–Crippen LogP) is 3.25. The third-order valence-electron chi connectivity index (χ3n) is 8.33. The minimum Gasteiger partial charge on any atom is -0.504 e. The second-order valence-corrected chi connectivity index (χ2v) is 11.8. The van der Waals surface area contributed by atoms with Gasteiger partial charge in [0.15, 0.2) is 11.6 Å². The van der Waals surface area contributed by atoms with Crippen molar-refractivity contribution in [2.45, 2.75) is 37.6 Å². The van der Waals surface area contributed by atoms with Crippen molar-refractivity contribution in [2.75, 3.05) is 29.9 Å². The van der Waals surface area contributed by atoms with Crippen molar-refractivity contribution in [1.82, 2.24) is 24.0 Å². The van der Waals surface area contributed by atoms with Crippen LogP contribution in [-0.4, -0.2) is 78.8 Å². The first-order valence-electron chi connectivity index (χ1n) is 14.1. The van der Waals surface area contributed by atoms with Crippen LogP contribution in [-0.2, 0) is 18.4 Å². The Morgan fingerprint density at radius 3 is 2.50 bits per heavy atom. The molecule has 2 aliphatic heterocycles. The number of aryl methyl sites for hydroxylation is 1. The van der Waals surface area contributed by atoms with Crippen LogP contribution >= 0.6 is 11.6 Å². The molecule has 4 N–H and O–H groups in total. The smallest absolute Gasteiger partial charge is 0.401 e. The minimum atomic E-state index is -4.29. The molecule has 0 spiro atoms. The zero-order valence-electron chi connectivity index (χ0n) is 24.2. The van der Waals surface area contributed by atoms with Crippen LogP contribution in [0, 0.1) is 5.82 Å². The molecule has 2 bridgehead atoms. The monoisotopic (exact) mass is 662 g/mol. The maximum absolute atomic E-state index is 14.6. The van der Waals surface area contributed by atoms with Crippen LogP contribution in [0.15, 0.2) is 41.7 Å². The number of anilines is 2. The Bertz CT molecular complexity index is 1930. The van der Waals surface area contributed by atoms with E-state index in [0.717, 1.165) is 12.1 Å². The van der Waals surface area contributed by atoms with Crippen molar-refractivity contribution in [3.63, 3.8) is 0 Å². The number of aromatic nitrogens is 4. The van der Waals surface area contributed by atoms with Crippen LogP contribution in [0.5, 0.6) is 5.75 Å². The molecule has 2 fully saturated rings. The summed E-state index contributed by atoms with van der Waals surface area (Å²) in [6, 6.07) is 3.05. The third-order valence-corrected chi connectivity index (χ3v) is 8.63. The Hall–Kier alpha value is -4.70. The van der Waals surface area contributed by atoms with Gasteiger partial charge in [-0.15, -0.1) is 0 Å². The van der Waals surface area contributed by atoms with E-state index in [4.69, 9.17) is 17.3 Å². The number of pyridine rings is 1. The first kappa shape index (κ1) is 31.3. The SMILES string of the molecule is Cn1cnc2c(c(-c3cc(F)c(O)c(C(N)=O)c3)cn2CC(=O)Nc2cc(N3C[C@H]4CC[C@@H](C3)N4CC(F)(F)F)ncc2Cl)c1=O. The third kappa shape index (κ3) is 5.85. The lowest BCUT2D eigenvalue weighted by molar-refractivity contribution is -0.153. The molecule has 242 valence electrons. The standard InChI is InChI=1S/C29H27ClF4N8O4/c1-39-13-37-27-24(28(39)46)18(14-4-17(26(35)45)25(44)20(31)5-14)10-41(27)11-23(43)38-21-6-22(36-7-19(21)30)40-8-15-2-3-16(9-40)42(15)12-29(32,33)34/h4-7,10,13,15-16,44H,2-3,8-9,11-12H2,1H3,(H2,35,45)(H,36,38,43)/t15-,16+. The number of hydrogen-bond donors (Lipinski definition) is 3. The summed E-state index contributed by atoms with van der Waals surface area (Å²) in [5.41, 5.74) is 4.78. The molecule has 2 amide bonds. The second kappa shape index (κ2) is 11.6. The lowest BCUT2D eigenvalue weighted by Gasteiger charge is -2.41. The van der Waals surface area contributed by atoms with E-state index in [1.54, 1.807) is 6.07 Å². The summed E-state index contributed by atoms with van der Waals surface area (Å²) in [5.74, 6) is -3.29. The molecule has 2 aliphatic rings. The van der Waals surface area contributed by atoms with Gasteiger partial charge in [0, 0.05) is 50.0 Å². The number of fused-ring (bicyclic) bond motifs is 3. The van der Waals surface area contributed by atoms with E-state index >= 15 is 0 Å². The van der Waals surface area contributed by atoms with Gasteiger partial charge in [0.1, 0.15) is 18.0 Å². The molecule has 0 unspecified atom stereocenters. The number of carbonyl (C=O) groups excluding carboxylic acids is 2. The summed E-state index contributed by atoms with van der Waals surface area (Å²) < 4.78 is 56.5. The number of nitrogens with zero attached hydrogens (tertiary/aromatic N) is 6. The summed E-state index contributed by atoms with van der Waals surface area (Å²) in [6.45, 7) is -0.657. The summed E-state index contributed by atoms with van der Waals surface area (Å²) in [5, 5.41) is 12.8. The second-order valence-electron chi connectivity index (χ2n) is 11.4. The number of hydrogen-bond acceptors (Lipinski definition) is 8. The molecule has 3 aromatic heterocycles. The fourth-order valence-electron chi connectivity index (χ4n) is 6.23. The number of aromatic hydroxyl groups is 1. The van der Waals surface area contributed by atoms with Gasteiger partial charge >= 0.3 is 6.18 Å². The molecule has 17 heteroatoms. The number of phenols is 1. The summed E-state index contributed by atoms with van der Waals surface area (Å²) >= 11 is 6.35. The normalized spacial score (nSPS) is 18.3. The quantitative estimate of drug-likeness (QED) is 0.255. The van der Waals surface area contributed by atoms with Gasteiger partial charge in [0.05, 0.1) is 40.7 Å². The highest BCUT2D eigenvalue weighted by atomic mass is 35.5. The van der Waals surface area contributed by atoms with E-state index in [-0.39, 0.29) is 51.5 Å². The highest BCUT2D eigenvalue weighted by Crippen LogP contribution is 2.36. The van der Waals surface area contributed by atoms with E-state index in [1.165, 1.54) is 39.8 Å². The Balaban J connectivity index is 1.26. The fourth-order valence-corrected chi connectivity index (χ4v) is 6.38. The van der Waals surface area contributed by atoms with Crippen molar-refractivity contribution < 1.29 is 32.3 Å². The first-order chi connectivity index (χ1) is 21.7. The number of rotatable bonds is 7. The van der Waals surface area contributed by atoms with Gasteiger partial charge in [0.2, 0.25) is 5.91 Å². The van der Waals surface area contributed by atoms with E-state index in [0.29, 0.717) is 31.7 Å². The molecule has 0 aliphatic carbocycles. The molecule has 0 radical (unpaired) electrons. The minimum absolute atomic E-state index is 0.0295. The van der Waals surface area contributed by atoms with Crippen LogP contribution in [0.4, 0.5) is 29.1 Å². The highest BCUT2D eigenvalue weighted by molar-refractivity contribution is 6.33. The zero-order chi connectivity index (χ0) is 33.1. The summed E-state index contributed by atoms with van der Waals surface area (Å²) in [4.78, 5) is 50.2. The molecule has 5 heterocycles. The van der Waals surface area contributed by atoms with E-state index < -0.39 is 47.2 Å². The van der Waals surface area contributed by atoms with E-state index in [2.05, 4.69) is 15.3 Å². The topological polar surface area (TPSA) is 152 Å². The number of benzene rings is 1. The van der Waals surface area contributed by atoms with Gasteiger partial charge in [-0.3, -0.25) is 19.3 Å². The van der Waals surface area contributed by atoms with E-state index in [1.807, 2.05) is 4.90 Å². The van der Waals surface area contributed by atoms with Crippen LogP contribution in [0.25, 0.3) is 22.2 Å². The van der Waals surface area contributed by atoms with Crippen molar-refractivity contribution >= 4 is 46.0 Å². The fraction of sp³-hybridized carbons (Fsp3) is 0.345. The van der Waals surface area contributed by atoms with Gasteiger partial charge < -0.3 is 30.2 Å². The Labute approximate surface area is 263 Å². The van der Waals surface area contributed by atoms with E-state index in [9.17, 15) is 37.1 Å². The molecule has 1 aromatic carbocycles. The summed E-state index contributed by atoms with van der Waals surface area (Å²) in [7, 11) is 1.46. The Morgan fingerprint density at radius 2 is 1.85 bits per heavy atom. The molecule has 2 saturated heterocycles. The van der Waals surface area contributed by atoms with Gasteiger partial charge in [-0.05, 0) is 30.5 Å². The maximum Gasteiger partial charge on any atom is 0.401 e.